The molecule has 0 bridgehead atoms. The molecule has 0 aliphatic rings. The van der Waals surface area contributed by atoms with Crippen molar-refractivity contribution in [2.24, 2.45) is 0 Å². The summed E-state index contributed by atoms with van der Waals surface area (Å²) in [4.78, 5) is 28.7. The van der Waals surface area contributed by atoms with Crippen LogP contribution in [0, 0.1) is 11.6 Å². The zero-order valence-electron chi connectivity index (χ0n) is 22.4. The van der Waals surface area contributed by atoms with Gasteiger partial charge in [-0.25, -0.2) is 32.2 Å². The Labute approximate surface area is 238 Å². The summed E-state index contributed by atoms with van der Waals surface area (Å²) in [5.41, 5.74) is 2.93. The highest BCUT2D eigenvalue weighted by atomic mass is 32.2. The van der Waals surface area contributed by atoms with Crippen molar-refractivity contribution in [3.05, 3.63) is 84.3 Å². The normalized spacial score (nSPS) is 11.7. The molecule has 0 saturated carbocycles. The Morgan fingerprint density at radius 2 is 1.74 bits per heavy atom. The number of benzene rings is 3. The van der Waals surface area contributed by atoms with Crippen LogP contribution in [-0.4, -0.2) is 54.6 Å². The third kappa shape index (κ3) is 4.73. The fourth-order valence-electron chi connectivity index (χ4n) is 4.74. The Balaban J connectivity index is 1.63. The standard InChI is InChI=1S/C29H22F2N6O4S/c1-32-29(38)25-21-11-20(16-8-17(10-19(31)9-16)27-35-22-13-33-14-34-28(22)36-27)23(37(2)42(3,39)40)12-24(21)41-26(25)15-4-6-18(30)7-5-15/h4-14H,1-3H3,(H,32,38)(H,33,34,35,36). The number of carbonyl (C=O) groups excluding carboxylic acids is 1. The number of amides is 1. The summed E-state index contributed by atoms with van der Waals surface area (Å²) in [5, 5.41) is 2.94. The highest BCUT2D eigenvalue weighted by molar-refractivity contribution is 7.92. The van der Waals surface area contributed by atoms with E-state index < -0.39 is 27.6 Å². The van der Waals surface area contributed by atoms with Gasteiger partial charge in [0, 0.05) is 42.2 Å². The Morgan fingerprint density at radius 1 is 1.00 bits per heavy atom. The van der Waals surface area contributed by atoms with E-state index in [1.807, 2.05) is 0 Å². The second-order valence-electron chi connectivity index (χ2n) is 9.56. The van der Waals surface area contributed by atoms with Crippen molar-refractivity contribution in [3.8, 4) is 33.8 Å². The molecule has 42 heavy (non-hydrogen) atoms. The molecule has 0 aliphatic carbocycles. The molecule has 6 rings (SSSR count). The highest BCUT2D eigenvalue weighted by Gasteiger charge is 2.26. The Bertz CT molecular complexity index is 2090. The molecule has 0 radical (unpaired) electrons. The van der Waals surface area contributed by atoms with Gasteiger partial charge in [0.2, 0.25) is 10.0 Å². The molecule has 0 spiro atoms. The predicted molar refractivity (Wildman–Crippen MR) is 154 cm³/mol. The fourth-order valence-corrected chi connectivity index (χ4v) is 5.25. The number of aromatic amines is 1. The molecule has 3 aromatic carbocycles. The van der Waals surface area contributed by atoms with Crippen LogP contribution < -0.4 is 9.62 Å². The molecule has 212 valence electrons. The molecule has 3 aromatic heterocycles. The number of hydrogen-bond acceptors (Lipinski definition) is 7. The van der Waals surface area contributed by atoms with Gasteiger partial charge in [-0.05, 0) is 54.1 Å². The van der Waals surface area contributed by atoms with Crippen LogP contribution in [0.2, 0.25) is 0 Å². The molecule has 13 heteroatoms. The number of H-pyrrole nitrogens is 1. The number of nitrogens with one attached hydrogen (secondary N) is 2. The first-order chi connectivity index (χ1) is 20.0. The largest absolute Gasteiger partial charge is 0.455 e. The van der Waals surface area contributed by atoms with Crippen LogP contribution in [-0.2, 0) is 10.0 Å². The maximum absolute atomic E-state index is 15.1. The van der Waals surface area contributed by atoms with Crippen molar-refractivity contribution in [3.63, 3.8) is 0 Å². The van der Waals surface area contributed by atoms with Gasteiger partial charge in [0.25, 0.3) is 5.91 Å². The molecule has 3 heterocycles. The lowest BCUT2D eigenvalue weighted by molar-refractivity contribution is 0.0964. The Hall–Kier alpha value is -5.17. The molecule has 0 aliphatic heterocycles. The summed E-state index contributed by atoms with van der Waals surface area (Å²) < 4.78 is 61.3. The number of hydrogen-bond donors (Lipinski definition) is 2. The summed E-state index contributed by atoms with van der Waals surface area (Å²) >= 11 is 0. The number of halogens is 2. The van der Waals surface area contributed by atoms with E-state index in [4.69, 9.17) is 4.42 Å². The van der Waals surface area contributed by atoms with Gasteiger partial charge in [-0.2, -0.15) is 0 Å². The maximum Gasteiger partial charge on any atom is 0.255 e. The van der Waals surface area contributed by atoms with Gasteiger partial charge < -0.3 is 14.7 Å². The molecule has 6 aromatic rings. The van der Waals surface area contributed by atoms with E-state index in [1.165, 1.54) is 69.1 Å². The first-order valence-corrected chi connectivity index (χ1v) is 14.4. The summed E-state index contributed by atoms with van der Waals surface area (Å²) in [6.07, 6.45) is 3.92. The predicted octanol–water partition coefficient (Wildman–Crippen LogP) is 5.13. The molecule has 0 fully saturated rings. The van der Waals surface area contributed by atoms with Gasteiger partial charge in [0.05, 0.1) is 23.7 Å². The number of sulfonamides is 1. The van der Waals surface area contributed by atoms with Crippen LogP contribution in [0.15, 0.2) is 71.5 Å². The average molecular weight is 589 g/mol. The third-order valence-corrected chi connectivity index (χ3v) is 8.04. The van der Waals surface area contributed by atoms with E-state index >= 15 is 4.39 Å². The topological polar surface area (TPSA) is 134 Å². The SMILES string of the molecule is CNC(=O)c1c(-c2ccc(F)cc2)oc2cc(N(C)S(C)(=O)=O)c(-c3cc(F)cc(-c4nc5cncnc5[nH]4)c3)cc12. The molecule has 2 N–H and O–H groups in total. The summed E-state index contributed by atoms with van der Waals surface area (Å²) in [6.45, 7) is 0. The summed E-state index contributed by atoms with van der Waals surface area (Å²) in [5.74, 6) is -1.05. The number of rotatable bonds is 6. The minimum Gasteiger partial charge on any atom is -0.455 e. The Kier molecular flexibility index (Phi) is 6.45. The molecule has 0 atom stereocenters. The average Bonchev–Trinajstić information content (AvgIpc) is 3.57. The van der Waals surface area contributed by atoms with E-state index in [0.29, 0.717) is 44.6 Å². The lowest BCUT2D eigenvalue weighted by Gasteiger charge is -2.21. The zero-order valence-corrected chi connectivity index (χ0v) is 23.3. The van der Waals surface area contributed by atoms with Gasteiger partial charge in [0.1, 0.15) is 40.6 Å². The number of aromatic nitrogens is 4. The maximum atomic E-state index is 15.1. The van der Waals surface area contributed by atoms with Crippen molar-refractivity contribution in [2.45, 2.75) is 0 Å². The number of nitrogens with zero attached hydrogens (tertiary/aromatic N) is 4. The number of anilines is 1. The number of carbonyl (C=O) groups is 1. The fraction of sp³-hybridized carbons (Fsp3) is 0.103. The van der Waals surface area contributed by atoms with E-state index in [-0.39, 0.29) is 22.6 Å². The minimum atomic E-state index is -3.78. The second kappa shape index (κ2) is 10.0. The number of imidazole rings is 1. The lowest BCUT2D eigenvalue weighted by atomic mass is 9.97. The highest BCUT2D eigenvalue weighted by Crippen LogP contribution is 2.42. The van der Waals surface area contributed by atoms with Crippen molar-refractivity contribution >= 4 is 43.8 Å². The Morgan fingerprint density at radius 3 is 2.43 bits per heavy atom. The summed E-state index contributed by atoms with van der Waals surface area (Å²) in [7, 11) is -0.963. The van der Waals surface area contributed by atoms with Crippen LogP contribution in [0.5, 0.6) is 0 Å². The quantitative estimate of drug-likeness (QED) is 0.275. The van der Waals surface area contributed by atoms with Crippen LogP contribution in [0.3, 0.4) is 0 Å². The van der Waals surface area contributed by atoms with Crippen LogP contribution in [0.4, 0.5) is 14.5 Å². The van der Waals surface area contributed by atoms with E-state index in [9.17, 15) is 17.6 Å². The summed E-state index contributed by atoms with van der Waals surface area (Å²) in [6, 6.07) is 12.7. The van der Waals surface area contributed by atoms with E-state index in [0.717, 1.165) is 10.6 Å². The first-order valence-electron chi connectivity index (χ1n) is 12.5. The third-order valence-electron chi connectivity index (χ3n) is 6.85. The van der Waals surface area contributed by atoms with Crippen LogP contribution in [0.1, 0.15) is 10.4 Å². The van der Waals surface area contributed by atoms with Crippen LogP contribution >= 0.6 is 0 Å². The molecule has 0 saturated heterocycles. The van der Waals surface area contributed by atoms with Crippen molar-refractivity contribution in [1.29, 1.82) is 0 Å². The van der Waals surface area contributed by atoms with Crippen molar-refractivity contribution in [1.82, 2.24) is 25.3 Å². The first kappa shape index (κ1) is 27.0. The number of fused-ring (bicyclic) bond motifs is 2. The van der Waals surface area contributed by atoms with Gasteiger partial charge >= 0.3 is 0 Å². The van der Waals surface area contributed by atoms with E-state index in [2.05, 4.69) is 25.3 Å². The van der Waals surface area contributed by atoms with Crippen molar-refractivity contribution in [2.75, 3.05) is 24.7 Å². The van der Waals surface area contributed by atoms with Gasteiger partial charge in [-0.3, -0.25) is 9.10 Å². The van der Waals surface area contributed by atoms with Crippen LogP contribution in [0.25, 0.3) is 56.0 Å². The molecular weight excluding hydrogens is 566 g/mol. The van der Waals surface area contributed by atoms with Gasteiger partial charge in [0.15, 0.2) is 5.65 Å². The van der Waals surface area contributed by atoms with Gasteiger partial charge in [-0.15, -0.1) is 0 Å². The monoisotopic (exact) mass is 588 g/mol. The second-order valence-corrected chi connectivity index (χ2v) is 11.6. The smallest absolute Gasteiger partial charge is 0.255 e. The molecular formula is C29H22F2N6O4S. The molecule has 1 amide bonds. The van der Waals surface area contributed by atoms with Gasteiger partial charge in [-0.1, -0.05) is 0 Å². The minimum absolute atomic E-state index is 0.154. The van der Waals surface area contributed by atoms with Crippen molar-refractivity contribution < 1.29 is 26.4 Å². The zero-order chi connectivity index (χ0) is 29.8. The lowest BCUT2D eigenvalue weighted by Crippen LogP contribution is -2.25. The number of furan rings is 1. The molecule has 10 nitrogen and oxygen atoms in total. The van der Waals surface area contributed by atoms with E-state index in [1.54, 1.807) is 12.1 Å². The molecule has 0 unspecified atom stereocenters.